The number of rotatable bonds is 6. The summed E-state index contributed by atoms with van der Waals surface area (Å²) in [6.45, 7) is 8.91. The monoisotopic (exact) mass is 409 g/mol. The SMILES string of the molecule is COc1cc(CN2CCCC(c3cc(N)n4nc(C)cc4n3)C2)ccc1OC(C)C. The van der Waals surface area contributed by atoms with Crippen LogP contribution in [0.4, 0.5) is 5.82 Å². The lowest BCUT2D eigenvalue weighted by atomic mass is 9.94. The number of likely N-dealkylation sites (tertiary alicyclic amines) is 1. The average Bonchev–Trinajstić information content (AvgIpc) is 3.10. The van der Waals surface area contributed by atoms with Crippen LogP contribution in [0.3, 0.4) is 0 Å². The third kappa shape index (κ3) is 4.36. The topological polar surface area (TPSA) is 77.9 Å². The number of piperidine rings is 1. The van der Waals surface area contributed by atoms with E-state index in [9.17, 15) is 0 Å². The highest BCUT2D eigenvalue weighted by Gasteiger charge is 2.24. The van der Waals surface area contributed by atoms with Crippen LogP contribution in [-0.2, 0) is 6.54 Å². The largest absolute Gasteiger partial charge is 0.493 e. The molecule has 2 aromatic heterocycles. The van der Waals surface area contributed by atoms with Gasteiger partial charge in [-0.05, 0) is 57.9 Å². The number of hydrogen-bond acceptors (Lipinski definition) is 6. The number of fused-ring (bicyclic) bond motifs is 1. The van der Waals surface area contributed by atoms with Gasteiger partial charge in [0.2, 0.25) is 0 Å². The van der Waals surface area contributed by atoms with Gasteiger partial charge in [0.05, 0.1) is 24.6 Å². The van der Waals surface area contributed by atoms with Crippen LogP contribution in [0.2, 0.25) is 0 Å². The first-order chi connectivity index (χ1) is 14.4. The van der Waals surface area contributed by atoms with Crippen molar-refractivity contribution in [2.24, 2.45) is 0 Å². The summed E-state index contributed by atoms with van der Waals surface area (Å²) in [6.07, 6.45) is 2.38. The third-order valence-corrected chi connectivity index (χ3v) is 5.52. The van der Waals surface area contributed by atoms with E-state index in [0.29, 0.717) is 11.7 Å². The van der Waals surface area contributed by atoms with E-state index in [1.807, 2.05) is 39.0 Å². The second kappa shape index (κ2) is 8.52. The highest BCUT2D eigenvalue weighted by molar-refractivity contribution is 5.49. The molecule has 2 N–H and O–H groups in total. The molecule has 0 bridgehead atoms. The van der Waals surface area contributed by atoms with Gasteiger partial charge in [-0.1, -0.05) is 6.07 Å². The molecule has 0 spiro atoms. The summed E-state index contributed by atoms with van der Waals surface area (Å²) in [5, 5.41) is 4.41. The lowest BCUT2D eigenvalue weighted by Crippen LogP contribution is -2.34. The summed E-state index contributed by atoms with van der Waals surface area (Å²) in [4.78, 5) is 7.33. The molecule has 3 heterocycles. The second-order valence-electron chi connectivity index (χ2n) is 8.39. The normalized spacial score (nSPS) is 17.6. The smallest absolute Gasteiger partial charge is 0.161 e. The van der Waals surface area contributed by atoms with Crippen LogP contribution in [0.25, 0.3) is 5.65 Å². The first kappa shape index (κ1) is 20.5. The van der Waals surface area contributed by atoms with Crippen molar-refractivity contribution in [1.29, 1.82) is 0 Å². The summed E-state index contributed by atoms with van der Waals surface area (Å²) in [5.74, 6) is 2.58. The fraction of sp³-hybridized carbons (Fsp3) is 0.478. The maximum atomic E-state index is 6.24. The summed E-state index contributed by atoms with van der Waals surface area (Å²) >= 11 is 0. The van der Waals surface area contributed by atoms with Gasteiger partial charge in [0, 0.05) is 31.1 Å². The highest BCUT2D eigenvalue weighted by Crippen LogP contribution is 2.31. The molecule has 0 aliphatic carbocycles. The van der Waals surface area contributed by atoms with Crippen LogP contribution >= 0.6 is 0 Å². The number of benzene rings is 1. The maximum absolute atomic E-state index is 6.24. The average molecular weight is 410 g/mol. The van der Waals surface area contributed by atoms with E-state index < -0.39 is 0 Å². The highest BCUT2D eigenvalue weighted by atomic mass is 16.5. The molecule has 1 aromatic carbocycles. The third-order valence-electron chi connectivity index (χ3n) is 5.52. The van der Waals surface area contributed by atoms with E-state index in [1.165, 1.54) is 5.56 Å². The van der Waals surface area contributed by atoms with Crippen LogP contribution in [0.15, 0.2) is 30.3 Å². The predicted octanol–water partition coefficient (Wildman–Crippen LogP) is 3.80. The number of aromatic nitrogens is 3. The molecule has 1 saturated heterocycles. The fourth-order valence-electron chi connectivity index (χ4n) is 4.20. The minimum atomic E-state index is 0.115. The van der Waals surface area contributed by atoms with Gasteiger partial charge < -0.3 is 15.2 Å². The molecule has 3 aromatic rings. The molecule has 160 valence electrons. The van der Waals surface area contributed by atoms with Gasteiger partial charge >= 0.3 is 0 Å². The number of nitrogens with two attached hydrogens (primary N) is 1. The van der Waals surface area contributed by atoms with Crippen molar-refractivity contribution in [1.82, 2.24) is 19.5 Å². The Morgan fingerprint density at radius 2 is 2.03 bits per heavy atom. The number of nitrogens with zero attached hydrogens (tertiary/aromatic N) is 4. The molecule has 7 nitrogen and oxygen atoms in total. The van der Waals surface area contributed by atoms with Crippen LogP contribution in [-0.4, -0.2) is 45.8 Å². The van der Waals surface area contributed by atoms with Crippen molar-refractivity contribution in [2.45, 2.75) is 52.2 Å². The molecule has 0 radical (unpaired) electrons. The standard InChI is InChI=1S/C23H31N5O2/c1-15(2)30-20-8-7-17(11-21(20)29-4)13-27-9-5-6-18(14-27)19-12-22(24)28-23(25-19)10-16(3)26-28/h7-8,10-12,15,18H,5-6,9,13-14,24H2,1-4H3. The Morgan fingerprint density at radius 1 is 1.20 bits per heavy atom. The van der Waals surface area contributed by atoms with Gasteiger partial charge in [-0.15, -0.1) is 0 Å². The minimum Gasteiger partial charge on any atom is -0.493 e. The number of aryl methyl sites for hydroxylation is 1. The van der Waals surface area contributed by atoms with Crippen molar-refractivity contribution in [3.05, 3.63) is 47.3 Å². The zero-order chi connectivity index (χ0) is 21.3. The summed E-state index contributed by atoms with van der Waals surface area (Å²) in [5.41, 5.74) is 10.3. The van der Waals surface area contributed by atoms with Gasteiger partial charge in [0.25, 0.3) is 0 Å². The minimum absolute atomic E-state index is 0.115. The number of ether oxygens (including phenoxy) is 2. The van der Waals surface area contributed by atoms with Gasteiger partial charge in [-0.2, -0.15) is 9.61 Å². The summed E-state index contributed by atoms with van der Waals surface area (Å²) in [7, 11) is 1.69. The number of anilines is 1. The zero-order valence-corrected chi connectivity index (χ0v) is 18.3. The predicted molar refractivity (Wildman–Crippen MR) is 118 cm³/mol. The number of hydrogen-bond donors (Lipinski definition) is 1. The lowest BCUT2D eigenvalue weighted by molar-refractivity contribution is 0.198. The van der Waals surface area contributed by atoms with Crippen LogP contribution in [0, 0.1) is 6.92 Å². The molecule has 0 amide bonds. The van der Waals surface area contributed by atoms with Crippen molar-refractivity contribution < 1.29 is 9.47 Å². The molecule has 1 aliphatic rings. The molecule has 0 saturated carbocycles. The second-order valence-corrected chi connectivity index (χ2v) is 8.39. The Balaban J connectivity index is 1.49. The molecule has 7 heteroatoms. The Morgan fingerprint density at radius 3 is 2.80 bits per heavy atom. The Hall–Kier alpha value is -2.80. The van der Waals surface area contributed by atoms with Gasteiger partial charge in [-0.25, -0.2) is 4.98 Å². The van der Waals surface area contributed by atoms with E-state index in [4.69, 9.17) is 20.2 Å². The summed E-state index contributed by atoms with van der Waals surface area (Å²) in [6, 6.07) is 10.2. The van der Waals surface area contributed by atoms with Crippen molar-refractivity contribution in [3.63, 3.8) is 0 Å². The van der Waals surface area contributed by atoms with Crippen LogP contribution in [0.1, 0.15) is 49.6 Å². The molecule has 1 aliphatic heterocycles. The molecular weight excluding hydrogens is 378 g/mol. The Bertz CT molecular complexity index is 1030. The molecule has 1 unspecified atom stereocenters. The van der Waals surface area contributed by atoms with Crippen molar-refractivity contribution >= 4 is 11.5 Å². The number of nitrogen functional groups attached to an aromatic ring is 1. The maximum Gasteiger partial charge on any atom is 0.161 e. The van der Waals surface area contributed by atoms with E-state index in [0.717, 1.165) is 61.0 Å². The Kier molecular flexibility index (Phi) is 5.81. The van der Waals surface area contributed by atoms with E-state index >= 15 is 0 Å². The Labute approximate surface area is 177 Å². The summed E-state index contributed by atoms with van der Waals surface area (Å²) < 4.78 is 13.1. The zero-order valence-electron chi connectivity index (χ0n) is 18.3. The molecule has 1 atom stereocenters. The first-order valence-corrected chi connectivity index (χ1v) is 10.6. The first-order valence-electron chi connectivity index (χ1n) is 10.6. The fourth-order valence-corrected chi connectivity index (χ4v) is 4.20. The number of methoxy groups -OCH3 is 1. The molecule has 4 rings (SSSR count). The van der Waals surface area contributed by atoms with E-state index in [2.05, 4.69) is 22.1 Å². The van der Waals surface area contributed by atoms with Crippen LogP contribution < -0.4 is 15.2 Å². The van der Waals surface area contributed by atoms with E-state index in [1.54, 1.807) is 11.6 Å². The van der Waals surface area contributed by atoms with Crippen LogP contribution in [0.5, 0.6) is 11.5 Å². The molecule has 30 heavy (non-hydrogen) atoms. The van der Waals surface area contributed by atoms with Crippen molar-refractivity contribution in [3.8, 4) is 11.5 Å². The van der Waals surface area contributed by atoms with Gasteiger partial charge in [0.1, 0.15) is 5.82 Å². The van der Waals surface area contributed by atoms with Gasteiger partial charge in [-0.3, -0.25) is 4.90 Å². The molecule has 1 fully saturated rings. The van der Waals surface area contributed by atoms with Gasteiger partial charge in [0.15, 0.2) is 17.1 Å². The quantitative estimate of drug-likeness (QED) is 0.667. The van der Waals surface area contributed by atoms with E-state index in [-0.39, 0.29) is 6.10 Å². The molecular formula is C23H31N5O2. The lowest BCUT2D eigenvalue weighted by Gasteiger charge is -2.32. The van der Waals surface area contributed by atoms with Crippen molar-refractivity contribution in [2.75, 3.05) is 25.9 Å².